The maximum atomic E-state index is 12.2. The van der Waals surface area contributed by atoms with Crippen LogP contribution in [0.15, 0.2) is 0 Å². The fourth-order valence-electron chi connectivity index (χ4n) is 1.20. The molecule has 1 radical (unpaired) electrons. The van der Waals surface area contributed by atoms with Gasteiger partial charge in [0.1, 0.15) is 0 Å². The summed E-state index contributed by atoms with van der Waals surface area (Å²) in [5, 5.41) is 0.320. The van der Waals surface area contributed by atoms with Gasteiger partial charge in [0.2, 0.25) is 0 Å². The molecule has 0 aliphatic carbocycles. The van der Waals surface area contributed by atoms with Crippen LogP contribution in [0.2, 0.25) is 25.1 Å². The minimum atomic E-state index is -0.153. The average Bonchev–Trinajstić information content (AvgIpc) is 2.34. The summed E-state index contributed by atoms with van der Waals surface area (Å²) in [7, 11) is 0.0713. The number of carbonyl (C=O) groups excluding carboxylic acids is 1. The monoisotopic (exact) mass is 371 g/mol. The first-order chi connectivity index (χ1) is 8.31. The molecule has 1 aromatic carbocycles. The predicted octanol–water partition coefficient (Wildman–Crippen LogP) is 6.19. The van der Waals surface area contributed by atoms with Crippen LogP contribution in [0.3, 0.4) is 0 Å². The number of carbonyl (C=O) groups is 1. The SMILES string of the molecule is CCC(C)PC(=O)c1c(Cl)c(Cl)c(Cl)c(Cl)c1Cl.[Li]. The van der Waals surface area contributed by atoms with Crippen LogP contribution in [0.5, 0.6) is 0 Å². The number of benzene rings is 1. The van der Waals surface area contributed by atoms with Crippen LogP contribution in [-0.2, 0) is 0 Å². The number of rotatable bonds is 4. The van der Waals surface area contributed by atoms with Crippen molar-refractivity contribution >= 4 is 91.0 Å². The second-order valence-electron chi connectivity index (χ2n) is 3.73. The van der Waals surface area contributed by atoms with Crippen molar-refractivity contribution in [3.8, 4) is 0 Å². The van der Waals surface area contributed by atoms with Gasteiger partial charge in [-0.25, -0.2) is 0 Å². The van der Waals surface area contributed by atoms with Crippen molar-refractivity contribution in [1.29, 1.82) is 0 Å². The Hall–Kier alpha value is 1.37. The van der Waals surface area contributed by atoms with Gasteiger partial charge in [0.05, 0.1) is 30.7 Å². The molecule has 0 saturated carbocycles. The van der Waals surface area contributed by atoms with E-state index in [1.54, 1.807) is 0 Å². The van der Waals surface area contributed by atoms with Crippen LogP contribution >= 0.6 is 66.6 Å². The van der Waals surface area contributed by atoms with Crippen molar-refractivity contribution in [2.45, 2.75) is 25.9 Å². The third kappa shape index (κ3) is 4.67. The van der Waals surface area contributed by atoms with Crippen molar-refractivity contribution in [3.05, 3.63) is 30.7 Å². The zero-order chi connectivity index (χ0) is 14.0. The van der Waals surface area contributed by atoms with Gasteiger partial charge in [-0.05, 0) is 20.7 Å². The maximum absolute atomic E-state index is 12.2. The van der Waals surface area contributed by atoms with Gasteiger partial charge < -0.3 is 0 Å². The molecule has 0 spiro atoms. The molecule has 0 bridgehead atoms. The molecular weight excluding hydrogens is 363 g/mol. The van der Waals surface area contributed by atoms with E-state index in [-0.39, 0.29) is 69.3 Å². The Morgan fingerprint density at radius 1 is 1.00 bits per heavy atom. The van der Waals surface area contributed by atoms with Gasteiger partial charge in [0.25, 0.3) is 0 Å². The smallest absolute Gasteiger partial charge is 0.184 e. The van der Waals surface area contributed by atoms with Crippen LogP contribution in [0, 0.1) is 0 Å². The quantitative estimate of drug-likeness (QED) is 0.266. The van der Waals surface area contributed by atoms with E-state index < -0.39 is 0 Å². The van der Waals surface area contributed by atoms with Crippen molar-refractivity contribution in [1.82, 2.24) is 0 Å². The summed E-state index contributed by atoms with van der Waals surface area (Å²) in [6.07, 6.45) is 0.897. The molecule has 1 aromatic rings. The maximum Gasteiger partial charge on any atom is 0.184 e. The second kappa shape index (κ2) is 8.72. The Bertz CT molecular complexity index is 465. The van der Waals surface area contributed by atoms with E-state index in [1.165, 1.54) is 0 Å². The minimum Gasteiger partial charge on any atom is -0.289 e. The molecule has 0 aromatic heterocycles. The van der Waals surface area contributed by atoms with E-state index in [9.17, 15) is 4.79 Å². The summed E-state index contributed by atoms with van der Waals surface area (Å²) in [4.78, 5) is 12.2. The van der Waals surface area contributed by atoms with Gasteiger partial charge in [-0.3, -0.25) is 4.79 Å². The summed E-state index contributed by atoms with van der Waals surface area (Å²) in [5.74, 6) is 0. The summed E-state index contributed by atoms with van der Waals surface area (Å²) < 4.78 is 0. The fourth-order valence-corrected chi connectivity index (χ4v) is 3.72. The van der Waals surface area contributed by atoms with Gasteiger partial charge in [0, 0.05) is 18.9 Å². The Labute approximate surface area is 151 Å². The molecule has 0 heterocycles. The number of hydrogen-bond donors (Lipinski definition) is 0. The molecule has 0 amide bonds. The summed E-state index contributed by atoms with van der Waals surface area (Å²) in [5.41, 5.74) is 0.272. The molecule has 1 rings (SSSR count). The molecule has 19 heavy (non-hydrogen) atoms. The van der Waals surface area contributed by atoms with E-state index in [0.29, 0.717) is 0 Å². The van der Waals surface area contributed by atoms with Crippen molar-refractivity contribution in [2.75, 3.05) is 0 Å². The third-order valence-corrected chi connectivity index (χ3v) is 6.12. The Balaban J connectivity index is 0.00000324. The van der Waals surface area contributed by atoms with Crippen molar-refractivity contribution in [2.24, 2.45) is 0 Å². The molecule has 0 aliphatic rings. The van der Waals surface area contributed by atoms with E-state index in [1.807, 2.05) is 13.8 Å². The molecule has 2 atom stereocenters. The van der Waals surface area contributed by atoms with Gasteiger partial charge >= 0.3 is 0 Å². The molecule has 101 valence electrons. The zero-order valence-corrected chi connectivity index (χ0v) is 15.4. The number of hydrogen-bond acceptors (Lipinski definition) is 1. The molecule has 0 saturated heterocycles. The van der Waals surface area contributed by atoms with Crippen LogP contribution in [0.1, 0.15) is 30.6 Å². The Morgan fingerprint density at radius 3 is 1.74 bits per heavy atom. The van der Waals surface area contributed by atoms with Crippen LogP contribution in [-0.4, -0.2) is 30.0 Å². The Morgan fingerprint density at radius 2 is 1.37 bits per heavy atom. The average molecular weight is 373 g/mol. The summed E-state index contributed by atoms with van der Waals surface area (Å²) in [6, 6.07) is 0. The first-order valence-electron chi connectivity index (χ1n) is 5.13. The van der Waals surface area contributed by atoms with Gasteiger partial charge in [-0.15, -0.1) is 0 Å². The third-order valence-electron chi connectivity index (χ3n) is 2.43. The molecule has 0 fully saturated rings. The topological polar surface area (TPSA) is 17.1 Å². The second-order valence-corrected chi connectivity index (χ2v) is 7.35. The minimum absolute atomic E-state index is 0. The van der Waals surface area contributed by atoms with Gasteiger partial charge in [0.15, 0.2) is 5.52 Å². The van der Waals surface area contributed by atoms with Gasteiger partial charge in [-0.1, -0.05) is 71.9 Å². The van der Waals surface area contributed by atoms with Crippen molar-refractivity contribution < 1.29 is 4.79 Å². The first kappa shape index (κ1) is 20.4. The predicted molar refractivity (Wildman–Crippen MR) is 89.6 cm³/mol. The Kier molecular flexibility index (Phi) is 9.35. The molecule has 0 N–H and O–H groups in total. The molecule has 1 nitrogen and oxygen atoms in total. The van der Waals surface area contributed by atoms with E-state index in [2.05, 4.69) is 0 Å². The number of halogens is 5. The van der Waals surface area contributed by atoms with Crippen LogP contribution < -0.4 is 0 Å². The standard InChI is InChI=1S/C11H10Cl5OP.Li/c1-3-4(2)18-11(17)5-6(12)8(14)10(16)9(15)7(5)13;/h4,18H,3H2,1-2H3;. The van der Waals surface area contributed by atoms with Crippen molar-refractivity contribution in [3.63, 3.8) is 0 Å². The molecule has 0 aliphatic heterocycles. The molecule has 8 heteroatoms. The van der Waals surface area contributed by atoms with Crippen LogP contribution in [0.4, 0.5) is 0 Å². The van der Waals surface area contributed by atoms with E-state index >= 15 is 0 Å². The van der Waals surface area contributed by atoms with E-state index in [4.69, 9.17) is 58.0 Å². The summed E-state index contributed by atoms with van der Waals surface area (Å²) in [6.45, 7) is 3.99. The molecular formula is C11H10Cl5LiOP. The van der Waals surface area contributed by atoms with Gasteiger partial charge in [-0.2, -0.15) is 0 Å². The van der Waals surface area contributed by atoms with Crippen LogP contribution in [0.25, 0.3) is 0 Å². The van der Waals surface area contributed by atoms with E-state index in [0.717, 1.165) is 6.42 Å². The zero-order valence-electron chi connectivity index (χ0n) is 10.6. The normalized spacial score (nSPS) is 12.6. The largest absolute Gasteiger partial charge is 0.289 e. The first-order valence-corrected chi connectivity index (χ1v) is 8.10. The molecule has 2 unspecified atom stereocenters. The summed E-state index contributed by atoms with van der Waals surface area (Å²) >= 11 is 29.7. The fraction of sp³-hybridized carbons (Fsp3) is 0.364.